The topological polar surface area (TPSA) is 77.8 Å². The van der Waals surface area contributed by atoms with Gasteiger partial charge in [0.2, 0.25) is 0 Å². The zero-order valence-corrected chi connectivity index (χ0v) is 11.3. The third-order valence-corrected chi connectivity index (χ3v) is 2.96. The fourth-order valence-corrected chi connectivity index (χ4v) is 1.70. The molecule has 0 unspecified atom stereocenters. The Morgan fingerprint density at radius 1 is 1.16 bits per heavy atom. The minimum atomic E-state index is -0.460. The van der Waals surface area contributed by atoms with E-state index < -0.39 is 11.5 Å². The number of phenols is 3. The first-order chi connectivity index (χ1) is 8.99. The van der Waals surface area contributed by atoms with E-state index in [1.54, 1.807) is 0 Å². The van der Waals surface area contributed by atoms with E-state index in [9.17, 15) is 20.1 Å². The van der Waals surface area contributed by atoms with Crippen LogP contribution < -0.4 is 0 Å². The van der Waals surface area contributed by atoms with Crippen molar-refractivity contribution in [2.75, 3.05) is 0 Å². The normalized spacial score (nSPS) is 11.1. The van der Waals surface area contributed by atoms with E-state index >= 15 is 0 Å². The van der Waals surface area contributed by atoms with Gasteiger partial charge in [0, 0.05) is 12.0 Å². The van der Waals surface area contributed by atoms with Crippen LogP contribution >= 0.6 is 0 Å². The molecule has 0 fully saturated rings. The molecule has 0 spiro atoms. The molecule has 0 aromatic heterocycles. The maximum atomic E-state index is 11.9. The molecule has 4 nitrogen and oxygen atoms in total. The first-order valence-electron chi connectivity index (χ1n) is 6.41. The van der Waals surface area contributed by atoms with Crippen LogP contribution in [0, 0.1) is 6.92 Å². The number of hydrogen-bond acceptors (Lipinski definition) is 4. The highest BCUT2D eigenvalue weighted by atomic mass is 16.3. The molecular formula is C15H20O4. The number of unbranched alkanes of at least 4 members (excludes halogenated alkanes) is 1. The highest BCUT2D eigenvalue weighted by Gasteiger charge is 2.18. The van der Waals surface area contributed by atoms with Crippen LogP contribution in [-0.4, -0.2) is 21.1 Å². The minimum Gasteiger partial charge on any atom is -0.508 e. The van der Waals surface area contributed by atoms with Crippen LogP contribution in [0.3, 0.4) is 0 Å². The van der Waals surface area contributed by atoms with Gasteiger partial charge in [0.15, 0.2) is 17.3 Å². The number of rotatable bonds is 6. The Morgan fingerprint density at radius 3 is 2.42 bits per heavy atom. The lowest BCUT2D eigenvalue weighted by atomic mass is 10.0. The molecule has 0 bridgehead atoms. The Labute approximate surface area is 113 Å². The zero-order valence-electron chi connectivity index (χ0n) is 11.3. The Morgan fingerprint density at radius 2 is 1.79 bits per heavy atom. The summed E-state index contributed by atoms with van der Waals surface area (Å²) >= 11 is 0. The second-order valence-corrected chi connectivity index (χ2v) is 4.49. The Bertz CT molecular complexity index is 489. The lowest BCUT2D eigenvalue weighted by molar-refractivity contribution is 0.0980. The van der Waals surface area contributed by atoms with Crippen LogP contribution in [0.15, 0.2) is 18.2 Å². The van der Waals surface area contributed by atoms with Crippen LogP contribution in [-0.2, 0) is 0 Å². The predicted molar refractivity (Wildman–Crippen MR) is 73.8 cm³/mol. The van der Waals surface area contributed by atoms with E-state index in [1.165, 1.54) is 13.0 Å². The summed E-state index contributed by atoms with van der Waals surface area (Å²) in [6.45, 7) is 3.54. The van der Waals surface area contributed by atoms with Crippen molar-refractivity contribution in [3.05, 3.63) is 29.3 Å². The van der Waals surface area contributed by atoms with E-state index in [1.807, 2.05) is 12.2 Å². The molecule has 1 rings (SSSR count). The van der Waals surface area contributed by atoms with Crippen molar-refractivity contribution in [1.29, 1.82) is 0 Å². The number of hydrogen-bond donors (Lipinski definition) is 3. The quantitative estimate of drug-likeness (QED) is 0.318. The summed E-state index contributed by atoms with van der Waals surface area (Å²) in [5, 5.41) is 28.9. The number of ketones is 1. The number of benzene rings is 1. The molecule has 0 saturated carbocycles. The second-order valence-electron chi connectivity index (χ2n) is 4.49. The highest BCUT2D eigenvalue weighted by molar-refractivity contribution is 6.00. The van der Waals surface area contributed by atoms with E-state index in [0.29, 0.717) is 6.42 Å². The van der Waals surface area contributed by atoms with Gasteiger partial charge in [-0.1, -0.05) is 25.5 Å². The molecule has 0 amide bonds. The largest absolute Gasteiger partial charge is 0.508 e. The van der Waals surface area contributed by atoms with E-state index in [2.05, 4.69) is 6.92 Å². The lowest BCUT2D eigenvalue weighted by Gasteiger charge is -2.09. The van der Waals surface area contributed by atoms with Crippen LogP contribution in [0.5, 0.6) is 17.2 Å². The number of carbonyl (C=O) groups excluding carboxylic acids is 1. The third-order valence-electron chi connectivity index (χ3n) is 2.96. The van der Waals surface area contributed by atoms with Crippen molar-refractivity contribution in [2.24, 2.45) is 0 Å². The second kappa shape index (κ2) is 6.83. The van der Waals surface area contributed by atoms with Gasteiger partial charge in [0.25, 0.3) is 0 Å². The van der Waals surface area contributed by atoms with Gasteiger partial charge in [0.05, 0.1) is 5.56 Å². The average Bonchev–Trinajstić information content (AvgIpc) is 2.40. The standard InChI is InChI=1S/C15H20O4/c1-3-4-5-6-7-8-12(16)11-9-13(17)10(2)14(18)15(11)19/h5-6,9,17-19H,3-4,7-8H2,1-2H3/b6-5+. The molecule has 4 heteroatoms. The SMILES string of the molecule is CCC/C=C/CCC(=O)c1cc(O)c(C)c(O)c1O. The summed E-state index contributed by atoms with van der Waals surface area (Å²) in [4.78, 5) is 11.9. The molecule has 3 N–H and O–H groups in total. The van der Waals surface area contributed by atoms with Crippen LogP contribution in [0.2, 0.25) is 0 Å². The number of carbonyl (C=O) groups is 1. The van der Waals surface area contributed by atoms with Crippen LogP contribution in [0.25, 0.3) is 0 Å². The summed E-state index contributed by atoms with van der Waals surface area (Å²) in [6, 6.07) is 1.20. The Kier molecular flexibility index (Phi) is 5.42. The van der Waals surface area contributed by atoms with Crippen molar-refractivity contribution in [3.8, 4) is 17.2 Å². The van der Waals surface area contributed by atoms with Crippen molar-refractivity contribution in [1.82, 2.24) is 0 Å². The van der Waals surface area contributed by atoms with Gasteiger partial charge >= 0.3 is 0 Å². The Hall–Kier alpha value is -1.97. The van der Waals surface area contributed by atoms with Gasteiger partial charge in [-0.25, -0.2) is 0 Å². The molecule has 0 radical (unpaired) electrons. The van der Waals surface area contributed by atoms with Gasteiger partial charge in [0.1, 0.15) is 5.75 Å². The summed E-state index contributed by atoms with van der Waals surface area (Å²) < 4.78 is 0. The first kappa shape index (κ1) is 15.1. The van der Waals surface area contributed by atoms with E-state index in [0.717, 1.165) is 12.8 Å². The van der Waals surface area contributed by atoms with Gasteiger partial charge < -0.3 is 15.3 Å². The maximum absolute atomic E-state index is 11.9. The molecule has 19 heavy (non-hydrogen) atoms. The average molecular weight is 264 g/mol. The van der Waals surface area contributed by atoms with Gasteiger partial charge in [-0.3, -0.25) is 4.79 Å². The number of allylic oxidation sites excluding steroid dienone is 2. The van der Waals surface area contributed by atoms with Gasteiger partial charge in [-0.05, 0) is 25.8 Å². The smallest absolute Gasteiger partial charge is 0.169 e. The summed E-state index contributed by atoms with van der Waals surface area (Å²) in [5.41, 5.74) is 0.126. The molecule has 1 aromatic rings. The molecule has 0 aliphatic carbocycles. The molecule has 0 aliphatic heterocycles. The third kappa shape index (κ3) is 3.74. The summed E-state index contributed by atoms with van der Waals surface area (Å²) in [6.07, 6.45) is 6.78. The van der Waals surface area contributed by atoms with Crippen molar-refractivity contribution in [3.63, 3.8) is 0 Å². The van der Waals surface area contributed by atoms with Crippen LogP contribution in [0.1, 0.15) is 48.5 Å². The van der Waals surface area contributed by atoms with Gasteiger partial charge in [-0.2, -0.15) is 0 Å². The van der Waals surface area contributed by atoms with E-state index in [4.69, 9.17) is 0 Å². The van der Waals surface area contributed by atoms with E-state index in [-0.39, 0.29) is 29.1 Å². The van der Waals surface area contributed by atoms with Gasteiger partial charge in [-0.15, -0.1) is 0 Å². The molecular weight excluding hydrogens is 244 g/mol. The first-order valence-corrected chi connectivity index (χ1v) is 6.41. The monoisotopic (exact) mass is 264 g/mol. The fourth-order valence-electron chi connectivity index (χ4n) is 1.70. The number of aromatic hydroxyl groups is 3. The summed E-state index contributed by atoms with van der Waals surface area (Å²) in [5.74, 6) is -1.40. The number of phenolic OH excluding ortho intramolecular Hbond substituents is 3. The maximum Gasteiger partial charge on any atom is 0.169 e. The molecule has 0 saturated heterocycles. The molecule has 0 atom stereocenters. The van der Waals surface area contributed by atoms with Crippen molar-refractivity contribution < 1.29 is 20.1 Å². The lowest BCUT2D eigenvalue weighted by Crippen LogP contribution is -1.99. The zero-order chi connectivity index (χ0) is 14.4. The van der Waals surface area contributed by atoms with Crippen molar-refractivity contribution >= 4 is 5.78 Å². The molecule has 1 aromatic carbocycles. The Balaban J connectivity index is 2.78. The summed E-state index contributed by atoms with van der Waals surface area (Å²) in [7, 11) is 0. The molecule has 0 aliphatic rings. The van der Waals surface area contributed by atoms with Crippen molar-refractivity contribution in [2.45, 2.75) is 39.5 Å². The highest BCUT2D eigenvalue weighted by Crippen LogP contribution is 2.38. The minimum absolute atomic E-state index is 0.0375. The molecule has 0 heterocycles. The predicted octanol–water partition coefficient (Wildman–Crippen LogP) is 3.43. The molecule has 104 valence electrons. The van der Waals surface area contributed by atoms with Crippen LogP contribution in [0.4, 0.5) is 0 Å². The number of Topliss-reactive ketones (excluding diaryl/α,β-unsaturated/α-hetero) is 1. The fraction of sp³-hybridized carbons (Fsp3) is 0.400.